The van der Waals surface area contributed by atoms with Crippen LogP contribution in [-0.4, -0.2) is 22.4 Å². The summed E-state index contributed by atoms with van der Waals surface area (Å²) in [4.78, 5) is 21.6. The maximum atomic E-state index is 13.5. The van der Waals surface area contributed by atoms with Crippen molar-refractivity contribution in [2.45, 2.75) is 45.8 Å². The summed E-state index contributed by atoms with van der Waals surface area (Å²) in [5.74, 6) is -1.05. The summed E-state index contributed by atoms with van der Waals surface area (Å²) in [6.45, 7) is 7.58. The Balaban J connectivity index is 2.61. The van der Waals surface area contributed by atoms with Gasteiger partial charge in [0.1, 0.15) is 0 Å². The number of nitrogens with one attached hydrogen (secondary N) is 2. The molecule has 1 amide bonds. The largest absolute Gasteiger partial charge is 0.350 e. The van der Waals surface area contributed by atoms with Crippen molar-refractivity contribution in [2.24, 2.45) is 0 Å². The Morgan fingerprint density at radius 2 is 2.05 bits per heavy atom. The van der Waals surface area contributed by atoms with Crippen LogP contribution in [0, 0.1) is 15.9 Å². The van der Waals surface area contributed by atoms with Gasteiger partial charge in [-0.2, -0.15) is 4.39 Å². The van der Waals surface area contributed by atoms with Gasteiger partial charge in [-0.15, -0.1) is 0 Å². The molecule has 116 valence electrons. The molecule has 0 radical (unpaired) electrons. The zero-order valence-electron chi connectivity index (χ0n) is 12.6. The van der Waals surface area contributed by atoms with Crippen molar-refractivity contribution in [3.05, 3.63) is 39.7 Å². The third kappa shape index (κ3) is 5.47. The summed E-state index contributed by atoms with van der Waals surface area (Å²) in [5, 5.41) is 16.3. The van der Waals surface area contributed by atoms with Crippen LogP contribution in [0.1, 0.15) is 33.3 Å². The van der Waals surface area contributed by atoms with Crippen LogP contribution in [0.2, 0.25) is 0 Å². The highest BCUT2D eigenvalue weighted by molar-refractivity contribution is 5.81. The second-order valence-electron chi connectivity index (χ2n) is 5.88. The molecule has 0 aliphatic heterocycles. The number of benzene rings is 1. The molecule has 1 aromatic carbocycles. The molecule has 1 aromatic rings. The molecule has 0 aromatic heterocycles. The molecule has 2 N–H and O–H groups in total. The number of nitro groups is 1. The minimum atomic E-state index is -0.883. The Hall–Kier alpha value is -2.02. The van der Waals surface area contributed by atoms with Gasteiger partial charge in [-0.1, -0.05) is 6.07 Å². The summed E-state index contributed by atoms with van der Waals surface area (Å²) in [7, 11) is 0. The fourth-order valence-corrected chi connectivity index (χ4v) is 1.65. The SMILES string of the molecule is CC(NCc1ccc([N+](=O)[O-])c(F)c1)C(=O)NC(C)(C)C. The average Bonchev–Trinajstić information content (AvgIpc) is 2.33. The minimum absolute atomic E-state index is 0.162. The van der Waals surface area contributed by atoms with Crippen LogP contribution in [-0.2, 0) is 11.3 Å². The molecule has 0 fully saturated rings. The van der Waals surface area contributed by atoms with E-state index in [-0.39, 0.29) is 18.0 Å². The molecule has 0 saturated heterocycles. The molecule has 0 aliphatic rings. The zero-order chi connectivity index (χ0) is 16.2. The van der Waals surface area contributed by atoms with Gasteiger partial charge in [0, 0.05) is 18.2 Å². The lowest BCUT2D eigenvalue weighted by atomic mass is 10.1. The van der Waals surface area contributed by atoms with Crippen LogP contribution in [0.4, 0.5) is 10.1 Å². The third-order valence-electron chi connectivity index (χ3n) is 2.71. The van der Waals surface area contributed by atoms with E-state index in [4.69, 9.17) is 0 Å². The smallest absolute Gasteiger partial charge is 0.304 e. The molecule has 0 heterocycles. The summed E-state index contributed by atoms with van der Waals surface area (Å²) in [6, 6.07) is 3.22. The predicted octanol–water partition coefficient (Wildman–Crippen LogP) is 2.13. The van der Waals surface area contributed by atoms with Crippen LogP contribution in [0.5, 0.6) is 0 Å². The molecule has 6 nitrogen and oxygen atoms in total. The molecule has 0 spiro atoms. The van der Waals surface area contributed by atoms with E-state index >= 15 is 0 Å². The van der Waals surface area contributed by atoms with E-state index in [0.717, 1.165) is 12.1 Å². The van der Waals surface area contributed by atoms with Gasteiger partial charge in [-0.3, -0.25) is 14.9 Å². The van der Waals surface area contributed by atoms with Crippen molar-refractivity contribution in [3.8, 4) is 0 Å². The Kier molecular flexibility index (Phi) is 5.37. The number of amides is 1. The van der Waals surface area contributed by atoms with E-state index in [1.54, 1.807) is 6.92 Å². The molecular formula is C14H20FN3O3. The minimum Gasteiger partial charge on any atom is -0.350 e. The number of rotatable bonds is 5. The maximum absolute atomic E-state index is 13.5. The molecule has 21 heavy (non-hydrogen) atoms. The molecule has 0 bridgehead atoms. The quantitative estimate of drug-likeness (QED) is 0.644. The second kappa shape index (κ2) is 6.62. The monoisotopic (exact) mass is 297 g/mol. The zero-order valence-corrected chi connectivity index (χ0v) is 12.6. The normalized spacial score (nSPS) is 12.8. The first-order valence-electron chi connectivity index (χ1n) is 6.58. The summed E-state index contributed by atoms with van der Waals surface area (Å²) >= 11 is 0. The molecular weight excluding hydrogens is 277 g/mol. The first-order valence-corrected chi connectivity index (χ1v) is 6.58. The number of carbonyl (C=O) groups is 1. The lowest BCUT2D eigenvalue weighted by Crippen LogP contribution is -2.49. The number of hydrogen-bond acceptors (Lipinski definition) is 4. The average molecular weight is 297 g/mol. The third-order valence-corrected chi connectivity index (χ3v) is 2.71. The Labute approximate surface area is 122 Å². The van der Waals surface area contributed by atoms with Crippen molar-refractivity contribution in [1.82, 2.24) is 10.6 Å². The number of halogens is 1. The second-order valence-corrected chi connectivity index (χ2v) is 5.88. The fourth-order valence-electron chi connectivity index (χ4n) is 1.65. The molecule has 0 saturated carbocycles. The molecule has 1 unspecified atom stereocenters. The van der Waals surface area contributed by atoms with Gasteiger partial charge < -0.3 is 10.6 Å². The van der Waals surface area contributed by atoms with Crippen molar-refractivity contribution in [3.63, 3.8) is 0 Å². The van der Waals surface area contributed by atoms with E-state index in [2.05, 4.69) is 10.6 Å². The van der Waals surface area contributed by atoms with Crippen molar-refractivity contribution in [1.29, 1.82) is 0 Å². The highest BCUT2D eigenvalue weighted by atomic mass is 19.1. The Morgan fingerprint density at radius 1 is 1.43 bits per heavy atom. The molecule has 0 aliphatic carbocycles. The first-order chi connectivity index (χ1) is 9.60. The summed E-state index contributed by atoms with van der Waals surface area (Å²) in [5.41, 5.74) is -0.349. The van der Waals surface area contributed by atoms with Crippen LogP contribution in [0.3, 0.4) is 0 Å². The van der Waals surface area contributed by atoms with E-state index < -0.39 is 22.5 Å². The highest BCUT2D eigenvalue weighted by Gasteiger charge is 2.19. The number of carbonyl (C=O) groups excluding carboxylic acids is 1. The fraction of sp³-hybridized carbons (Fsp3) is 0.500. The molecule has 7 heteroatoms. The van der Waals surface area contributed by atoms with Crippen molar-refractivity contribution >= 4 is 11.6 Å². The molecule has 1 rings (SSSR count). The van der Waals surface area contributed by atoms with Gasteiger partial charge in [0.2, 0.25) is 11.7 Å². The molecule has 1 atom stereocenters. The van der Waals surface area contributed by atoms with E-state index in [1.807, 2.05) is 20.8 Å². The van der Waals surface area contributed by atoms with Crippen LogP contribution >= 0.6 is 0 Å². The Morgan fingerprint density at radius 3 is 2.52 bits per heavy atom. The van der Waals surface area contributed by atoms with Crippen LogP contribution < -0.4 is 10.6 Å². The first kappa shape index (κ1) is 17.0. The number of nitro benzene ring substituents is 1. The number of nitrogens with zero attached hydrogens (tertiary/aromatic N) is 1. The number of hydrogen-bond donors (Lipinski definition) is 2. The van der Waals surface area contributed by atoms with E-state index in [9.17, 15) is 19.3 Å². The van der Waals surface area contributed by atoms with Crippen molar-refractivity contribution < 1.29 is 14.1 Å². The standard InChI is InChI=1S/C14H20FN3O3/c1-9(13(19)17-14(2,3)4)16-8-10-5-6-12(18(20)21)11(15)7-10/h5-7,9,16H,8H2,1-4H3,(H,17,19). The predicted molar refractivity (Wildman–Crippen MR) is 77.3 cm³/mol. The lowest BCUT2D eigenvalue weighted by Gasteiger charge is -2.23. The highest BCUT2D eigenvalue weighted by Crippen LogP contribution is 2.17. The lowest BCUT2D eigenvalue weighted by molar-refractivity contribution is -0.387. The maximum Gasteiger partial charge on any atom is 0.304 e. The van der Waals surface area contributed by atoms with Gasteiger partial charge in [0.05, 0.1) is 11.0 Å². The van der Waals surface area contributed by atoms with Gasteiger partial charge in [0.25, 0.3) is 0 Å². The van der Waals surface area contributed by atoms with Crippen molar-refractivity contribution in [2.75, 3.05) is 0 Å². The van der Waals surface area contributed by atoms with Crippen LogP contribution in [0.15, 0.2) is 18.2 Å². The van der Waals surface area contributed by atoms with E-state index in [0.29, 0.717) is 5.56 Å². The van der Waals surface area contributed by atoms with Gasteiger partial charge in [0.15, 0.2) is 0 Å². The summed E-state index contributed by atoms with van der Waals surface area (Å²) < 4.78 is 13.5. The van der Waals surface area contributed by atoms with Gasteiger partial charge in [-0.25, -0.2) is 0 Å². The van der Waals surface area contributed by atoms with Gasteiger partial charge in [-0.05, 0) is 39.3 Å². The topological polar surface area (TPSA) is 84.3 Å². The van der Waals surface area contributed by atoms with E-state index in [1.165, 1.54) is 6.07 Å². The Bertz CT molecular complexity index is 541. The van der Waals surface area contributed by atoms with Gasteiger partial charge >= 0.3 is 5.69 Å². The summed E-state index contributed by atoms with van der Waals surface area (Å²) in [6.07, 6.45) is 0. The van der Waals surface area contributed by atoms with Crippen LogP contribution in [0.25, 0.3) is 0 Å².